The molecule has 0 aromatic heterocycles. The molecule has 3 nitrogen and oxygen atoms in total. The van der Waals surface area contributed by atoms with E-state index < -0.39 is 0 Å². The van der Waals surface area contributed by atoms with Crippen LogP contribution in [0.25, 0.3) is 0 Å². The number of anilines is 1. The number of rotatable bonds is 5. The van der Waals surface area contributed by atoms with E-state index in [1.165, 1.54) is 0 Å². The van der Waals surface area contributed by atoms with Crippen molar-refractivity contribution < 1.29 is 4.79 Å². The molecule has 16 heavy (non-hydrogen) atoms. The number of hydrogen-bond acceptors (Lipinski definition) is 3. The van der Waals surface area contributed by atoms with E-state index in [1.807, 2.05) is 44.4 Å². The van der Waals surface area contributed by atoms with Crippen LogP contribution in [0.15, 0.2) is 36.2 Å². The molecule has 0 amide bonds. The van der Waals surface area contributed by atoms with Crippen molar-refractivity contribution in [1.82, 2.24) is 5.32 Å². The first-order valence-corrected chi connectivity index (χ1v) is 6.10. The smallest absolute Gasteiger partial charge is 0.173 e. The zero-order chi connectivity index (χ0) is 12.0. The van der Waals surface area contributed by atoms with Gasteiger partial charge in [0.25, 0.3) is 0 Å². The van der Waals surface area contributed by atoms with Crippen LogP contribution in [0.2, 0.25) is 0 Å². The van der Waals surface area contributed by atoms with Gasteiger partial charge in [0.2, 0.25) is 0 Å². The van der Waals surface area contributed by atoms with Crippen LogP contribution in [0.3, 0.4) is 0 Å². The van der Waals surface area contributed by atoms with Gasteiger partial charge in [-0.2, -0.15) is 0 Å². The third-order valence-corrected chi connectivity index (χ3v) is 2.69. The Balaban J connectivity index is 2.68. The van der Waals surface area contributed by atoms with Crippen molar-refractivity contribution in [2.24, 2.45) is 0 Å². The number of Topliss-reactive ketones (excluding diaryl/α,β-unsaturated/α-hetero) is 1. The lowest BCUT2D eigenvalue weighted by Gasteiger charge is -2.04. The van der Waals surface area contributed by atoms with E-state index in [1.54, 1.807) is 0 Å². The first-order chi connectivity index (χ1) is 7.67. The van der Waals surface area contributed by atoms with E-state index >= 15 is 0 Å². The van der Waals surface area contributed by atoms with Crippen LogP contribution in [0.5, 0.6) is 0 Å². The van der Waals surface area contributed by atoms with Crippen LogP contribution in [0.4, 0.5) is 5.69 Å². The molecule has 1 rings (SSSR count). The molecule has 0 aliphatic rings. The number of halogens is 1. The van der Waals surface area contributed by atoms with Crippen molar-refractivity contribution in [3.05, 3.63) is 41.7 Å². The molecule has 1 aromatic carbocycles. The van der Waals surface area contributed by atoms with E-state index in [0.717, 1.165) is 16.9 Å². The number of carbonyl (C=O) groups is 1. The van der Waals surface area contributed by atoms with Gasteiger partial charge in [0, 0.05) is 30.2 Å². The summed E-state index contributed by atoms with van der Waals surface area (Å²) >= 11 is 3.15. The van der Waals surface area contributed by atoms with Crippen LogP contribution < -0.4 is 10.6 Å². The summed E-state index contributed by atoms with van der Waals surface area (Å²) in [6, 6.07) is 7.40. The topological polar surface area (TPSA) is 41.1 Å². The second kappa shape index (κ2) is 6.33. The van der Waals surface area contributed by atoms with Crippen LogP contribution >= 0.6 is 15.9 Å². The molecule has 0 fully saturated rings. The second-order valence-electron chi connectivity index (χ2n) is 3.36. The fourth-order valence-corrected chi connectivity index (χ4v) is 1.42. The number of ketones is 1. The zero-order valence-electron chi connectivity index (χ0n) is 9.38. The average Bonchev–Trinajstić information content (AvgIpc) is 2.35. The minimum absolute atomic E-state index is 0.0912. The Morgan fingerprint density at radius 1 is 1.38 bits per heavy atom. The van der Waals surface area contributed by atoms with Gasteiger partial charge in [0.15, 0.2) is 5.78 Å². The molecule has 0 unspecified atom stereocenters. The number of allylic oxidation sites excluding steroid dienone is 1. The maximum absolute atomic E-state index is 11.3. The molecule has 2 N–H and O–H groups in total. The molecule has 0 aliphatic heterocycles. The average molecular weight is 283 g/mol. The molecule has 0 aliphatic carbocycles. The Morgan fingerprint density at radius 2 is 2.00 bits per heavy atom. The third kappa shape index (κ3) is 3.70. The number of alkyl halides is 1. The molecular weight excluding hydrogens is 268 g/mol. The van der Waals surface area contributed by atoms with Crippen molar-refractivity contribution in [2.45, 2.75) is 6.92 Å². The van der Waals surface area contributed by atoms with Crippen molar-refractivity contribution in [1.29, 1.82) is 0 Å². The van der Waals surface area contributed by atoms with Crippen LogP contribution in [-0.2, 0) is 0 Å². The SMILES string of the molecule is CN/C(C)=C\Nc1ccc(C(=O)CBr)cc1. The molecule has 0 saturated heterocycles. The summed E-state index contributed by atoms with van der Waals surface area (Å²) in [7, 11) is 1.87. The minimum Gasteiger partial charge on any atom is -0.390 e. The summed E-state index contributed by atoms with van der Waals surface area (Å²) in [4.78, 5) is 11.3. The van der Waals surface area contributed by atoms with E-state index in [9.17, 15) is 4.79 Å². The van der Waals surface area contributed by atoms with Gasteiger partial charge in [0.1, 0.15) is 0 Å². The summed E-state index contributed by atoms with van der Waals surface area (Å²) in [5, 5.41) is 6.50. The third-order valence-electron chi connectivity index (χ3n) is 2.18. The molecule has 0 spiro atoms. The van der Waals surface area contributed by atoms with Gasteiger partial charge in [-0.3, -0.25) is 4.79 Å². The van der Waals surface area contributed by atoms with E-state index in [2.05, 4.69) is 26.6 Å². The monoisotopic (exact) mass is 282 g/mol. The summed E-state index contributed by atoms with van der Waals surface area (Å²) in [6.07, 6.45) is 1.88. The van der Waals surface area contributed by atoms with Crippen molar-refractivity contribution in [3.8, 4) is 0 Å². The lowest BCUT2D eigenvalue weighted by Crippen LogP contribution is -2.04. The molecule has 86 valence electrons. The maximum atomic E-state index is 11.3. The first-order valence-electron chi connectivity index (χ1n) is 4.97. The molecule has 0 atom stereocenters. The number of nitrogens with one attached hydrogen (secondary N) is 2. The quantitative estimate of drug-likeness (QED) is 0.645. The van der Waals surface area contributed by atoms with Gasteiger partial charge in [0.05, 0.1) is 5.33 Å². The van der Waals surface area contributed by atoms with Crippen LogP contribution in [0, 0.1) is 0 Å². The van der Waals surface area contributed by atoms with Gasteiger partial charge in [-0.15, -0.1) is 0 Å². The predicted octanol–water partition coefficient (Wildman–Crippen LogP) is 2.76. The molecule has 0 heterocycles. The van der Waals surface area contributed by atoms with Gasteiger partial charge in [-0.1, -0.05) is 15.9 Å². The van der Waals surface area contributed by atoms with Crippen molar-refractivity contribution in [2.75, 3.05) is 17.7 Å². The van der Waals surface area contributed by atoms with Gasteiger partial charge in [-0.05, 0) is 31.2 Å². The molecule has 1 aromatic rings. The number of benzene rings is 1. The molecular formula is C12H15BrN2O. The Hall–Kier alpha value is -1.29. The lowest BCUT2D eigenvalue weighted by molar-refractivity contribution is 0.102. The highest BCUT2D eigenvalue weighted by Crippen LogP contribution is 2.11. The predicted molar refractivity (Wildman–Crippen MR) is 71.0 cm³/mol. The summed E-state index contributed by atoms with van der Waals surface area (Å²) in [5.41, 5.74) is 2.72. The van der Waals surface area contributed by atoms with Gasteiger partial charge in [-0.25, -0.2) is 0 Å². The normalized spacial score (nSPS) is 11.1. The number of hydrogen-bond donors (Lipinski definition) is 2. The Bertz CT molecular complexity index is 385. The number of carbonyl (C=O) groups excluding carboxylic acids is 1. The Labute approximate surface area is 104 Å². The fraction of sp³-hybridized carbons (Fsp3) is 0.250. The fourth-order valence-electron chi connectivity index (χ4n) is 1.09. The summed E-state index contributed by atoms with van der Waals surface area (Å²) in [5.74, 6) is 0.0912. The van der Waals surface area contributed by atoms with Crippen LogP contribution in [0.1, 0.15) is 17.3 Å². The standard InChI is InChI=1S/C12H15BrN2O/c1-9(14-2)8-15-11-5-3-10(4-6-11)12(16)7-13/h3-6,8,14-15H,7H2,1-2H3/b9-8-. The Kier molecular flexibility index (Phi) is 5.05. The second-order valence-corrected chi connectivity index (χ2v) is 3.92. The van der Waals surface area contributed by atoms with Crippen molar-refractivity contribution >= 4 is 27.4 Å². The highest BCUT2D eigenvalue weighted by atomic mass is 79.9. The zero-order valence-corrected chi connectivity index (χ0v) is 11.0. The van der Waals surface area contributed by atoms with Gasteiger partial charge >= 0.3 is 0 Å². The highest BCUT2D eigenvalue weighted by molar-refractivity contribution is 9.09. The van der Waals surface area contributed by atoms with E-state index in [4.69, 9.17) is 0 Å². The van der Waals surface area contributed by atoms with E-state index in [-0.39, 0.29) is 5.78 Å². The largest absolute Gasteiger partial charge is 0.390 e. The van der Waals surface area contributed by atoms with E-state index in [0.29, 0.717) is 5.33 Å². The Morgan fingerprint density at radius 3 is 2.50 bits per heavy atom. The maximum Gasteiger partial charge on any atom is 0.173 e. The summed E-state index contributed by atoms with van der Waals surface area (Å²) < 4.78 is 0. The van der Waals surface area contributed by atoms with Crippen LogP contribution in [-0.4, -0.2) is 18.2 Å². The molecule has 0 saturated carbocycles. The molecule has 4 heteroatoms. The molecule has 0 radical (unpaired) electrons. The van der Waals surface area contributed by atoms with Gasteiger partial charge < -0.3 is 10.6 Å². The first kappa shape index (κ1) is 12.8. The lowest BCUT2D eigenvalue weighted by atomic mass is 10.1. The molecule has 0 bridgehead atoms. The highest BCUT2D eigenvalue weighted by Gasteiger charge is 2.02. The minimum atomic E-state index is 0.0912. The van der Waals surface area contributed by atoms with Crippen molar-refractivity contribution in [3.63, 3.8) is 0 Å². The summed E-state index contributed by atoms with van der Waals surface area (Å²) in [6.45, 7) is 1.97.